The van der Waals surface area contributed by atoms with E-state index >= 15 is 0 Å². The summed E-state index contributed by atoms with van der Waals surface area (Å²) in [6.07, 6.45) is 0.155. The van der Waals surface area contributed by atoms with Gasteiger partial charge in [0.05, 0.1) is 20.3 Å². The van der Waals surface area contributed by atoms with Crippen molar-refractivity contribution in [2.75, 3.05) is 26.9 Å². The molecular weight excluding hydrogens is 498 g/mol. The van der Waals surface area contributed by atoms with Crippen molar-refractivity contribution in [2.24, 2.45) is 5.92 Å². The molecule has 0 heterocycles. The largest absolute Gasteiger partial charge is 0.513 e. The Morgan fingerprint density at radius 3 is 2.05 bits per heavy atom. The van der Waals surface area contributed by atoms with Gasteiger partial charge in [-0.2, -0.15) is 0 Å². The van der Waals surface area contributed by atoms with Crippen LogP contribution in [0.3, 0.4) is 0 Å². The summed E-state index contributed by atoms with van der Waals surface area (Å²) in [5.41, 5.74) is 0.571. The van der Waals surface area contributed by atoms with Crippen molar-refractivity contribution < 1.29 is 47.6 Å². The number of esters is 2. The second kappa shape index (κ2) is 18.0. The smallest absolute Gasteiger partial charge is 0.468 e. The second-order valence-corrected chi connectivity index (χ2v) is 8.89. The molecule has 0 aliphatic carbocycles. The molecule has 1 aromatic rings. The molecule has 0 aromatic heterocycles. The van der Waals surface area contributed by atoms with Crippen LogP contribution in [0.25, 0.3) is 0 Å². The minimum atomic E-state index is -0.966. The molecule has 0 radical (unpaired) electrons. The highest BCUT2D eigenvalue weighted by Crippen LogP contribution is 2.30. The fourth-order valence-corrected chi connectivity index (χ4v) is 3.12. The number of carbonyl (C=O) groups excluding carboxylic acids is 4. The van der Waals surface area contributed by atoms with Crippen LogP contribution in [0.15, 0.2) is 18.2 Å². The lowest BCUT2D eigenvalue weighted by Crippen LogP contribution is -2.43. The average molecular weight is 540 g/mol. The van der Waals surface area contributed by atoms with Crippen molar-refractivity contribution in [2.45, 2.75) is 78.9 Å². The van der Waals surface area contributed by atoms with Gasteiger partial charge in [0.15, 0.2) is 11.5 Å². The molecule has 0 saturated carbocycles. The van der Waals surface area contributed by atoms with Gasteiger partial charge in [0.2, 0.25) is 0 Å². The predicted molar refractivity (Wildman–Crippen MR) is 138 cm³/mol. The first-order valence-electron chi connectivity index (χ1n) is 13.0. The average Bonchev–Trinajstić information content (AvgIpc) is 2.89. The molecule has 3 atom stereocenters. The van der Waals surface area contributed by atoms with E-state index in [4.69, 9.17) is 28.4 Å². The monoisotopic (exact) mass is 539 g/mol. The molecule has 2 unspecified atom stereocenters. The third-order valence-corrected chi connectivity index (χ3v) is 5.36. The third kappa shape index (κ3) is 12.8. The van der Waals surface area contributed by atoms with Gasteiger partial charge in [-0.15, -0.1) is 0 Å². The molecule has 0 fully saturated rings. The number of ether oxygens (including phenoxy) is 6. The third-order valence-electron chi connectivity index (χ3n) is 5.36. The zero-order valence-electron chi connectivity index (χ0n) is 23.2. The zero-order valence-corrected chi connectivity index (χ0v) is 23.2. The topological polar surface area (TPSA) is 136 Å². The van der Waals surface area contributed by atoms with E-state index in [2.05, 4.69) is 5.32 Å². The molecule has 1 N–H and O–H groups in total. The maximum Gasteiger partial charge on any atom is 0.513 e. The Morgan fingerprint density at radius 1 is 0.895 bits per heavy atom. The molecule has 0 aliphatic rings. The minimum absolute atomic E-state index is 0.0484. The molecule has 11 heteroatoms. The quantitative estimate of drug-likeness (QED) is 0.180. The van der Waals surface area contributed by atoms with Crippen LogP contribution in [0.4, 0.5) is 9.59 Å². The number of nitrogens with one attached hydrogen (secondary N) is 1. The van der Waals surface area contributed by atoms with Gasteiger partial charge in [-0.1, -0.05) is 40.2 Å². The Labute approximate surface area is 224 Å². The SMILES string of the molecule is CCCOC(=O)Oc1ccc(C[C@H](NCC(C)OC(=O)CC(C)CC)C(=O)OC)cc1OC(=O)OCCC. The van der Waals surface area contributed by atoms with E-state index < -0.39 is 30.4 Å². The number of benzene rings is 1. The summed E-state index contributed by atoms with van der Waals surface area (Å²) < 4.78 is 30.7. The Balaban J connectivity index is 2.98. The van der Waals surface area contributed by atoms with Crippen molar-refractivity contribution in [3.63, 3.8) is 0 Å². The molecular formula is C27H41NO10. The van der Waals surface area contributed by atoms with Gasteiger partial charge >= 0.3 is 24.2 Å². The first-order chi connectivity index (χ1) is 18.1. The summed E-state index contributed by atoms with van der Waals surface area (Å²) in [4.78, 5) is 48.5. The van der Waals surface area contributed by atoms with Crippen LogP contribution in [-0.4, -0.2) is 63.3 Å². The molecule has 214 valence electrons. The summed E-state index contributed by atoms with van der Waals surface area (Å²) >= 11 is 0. The first kappa shape index (κ1) is 32.7. The standard InChI is InChI=1S/C27H41NO10/c1-7-12-34-26(31)37-22-11-10-20(16-23(22)38-27(32)35-13-8-2)15-21(25(30)33-6)28-17-19(5)36-24(29)14-18(4)9-3/h10-11,16,18-19,21,28H,7-9,12-15,17H2,1-6H3/t18?,19?,21-/m0/s1. The van der Waals surface area contributed by atoms with E-state index in [1.165, 1.54) is 19.2 Å². The molecule has 0 aliphatic heterocycles. The summed E-state index contributed by atoms with van der Waals surface area (Å²) in [6, 6.07) is 3.71. The van der Waals surface area contributed by atoms with E-state index in [0.29, 0.717) is 24.8 Å². The van der Waals surface area contributed by atoms with Gasteiger partial charge < -0.3 is 33.7 Å². The van der Waals surface area contributed by atoms with E-state index in [1.807, 2.05) is 27.7 Å². The van der Waals surface area contributed by atoms with Gasteiger partial charge in [-0.3, -0.25) is 9.59 Å². The van der Waals surface area contributed by atoms with Crippen molar-refractivity contribution in [1.82, 2.24) is 5.32 Å². The van der Waals surface area contributed by atoms with Crippen molar-refractivity contribution in [1.29, 1.82) is 0 Å². The summed E-state index contributed by atoms with van der Waals surface area (Å²) in [5, 5.41) is 3.06. The molecule has 0 bridgehead atoms. The molecule has 0 saturated heterocycles. The van der Waals surface area contributed by atoms with Crippen LogP contribution >= 0.6 is 0 Å². The van der Waals surface area contributed by atoms with E-state index in [0.717, 1.165) is 6.42 Å². The van der Waals surface area contributed by atoms with Crippen LogP contribution in [-0.2, 0) is 35.0 Å². The Kier molecular flexibility index (Phi) is 15.5. The highest BCUT2D eigenvalue weighted by atomic mass is 16.7. The number of methoxy groups -OCH3 is 1. The normalized spacial score (nSPS) is 13.0. The van der Waals surface area contributed by atoms with Gasteiger partial charge in [0.1, 0.15) is 12.1 Å². The number of rotatable bonds is 16. The van der Waals surface area contributed by atoms with Gasteiger partial charge in [-0.05, 0) is 49.8 Å². The summed E-state index contributed by atoms with van der Waals surface area (Å²) in [5.74, 6) is -0.730. The summed E-state index contributed by atoms with van der Waals surface area (Å²) in [7, 11) is 1.27. The molecule has 11 nitrogen and oxygen atoms in total. The Hall–Kier alpha value is -3.34. The number of hydrogen-bond donors (Lipinski definition) is 1. The maximum absolute atomic E-state index is 12.4. The van der Waals surface area contributed by atoms with Gasteiger partial charge in [-0.25, -0.2) is 9.59 Å². The lowest BCUT2D eigenvalue weighted by molar-refractivity contribution is -0.149. The molecule has 1 aromatic carbocycles. The maximum atomic E-state index is 12.4. The van der Waals surface area contributed by atoms with Gasteiger partial charge in [0.25, 0.3) is 0 Å². The highest BCUT2D eigenvalue weighted by molar-refractivity contribution is 5.76. The Bertz CT molecular complexity index is 904. The van der Waals surface area contributed by atoms with Crippen molar-refractivity contribution >= 4 is 24.2 Å². The van der Waals surface area contributed by atoms with Crippen LogP contribution in [0.2, 0.25) is 0 Å². The van der Waals surface area contributed by atoms with Crippen LogP contribution in [0, 0.1) is 5.92 Å². The fourth-order valence-electron chi connectivity index (χ4n) is 3.12. The number of carbonyl (C=O) groups is 4. The Morgan fingerprint density at radius 2 is 1.50 bits per heavy atom. The fraction of sp³-hybridized carbons (Fsp3) is 0.630. The first-order valence-corrected chi connectivity index (χ1v) is 13.0. The predicted octanol–water partition coefficient (Wildman–Crippen LogP) is 4.58. The molecule has 0 spiro atoms. The molecule has 38 heavy (non-hydrogen) atoms. The molecule has 0 amide bonds. The van der Waals surface area contributed by atoms with Gasteiger partial charge in [0, 0.05) is 13.0 Å². The minimum Gasteiger partial charge on any atom is -0.468 e. The number of hydrogen-bond acceptors (Lipinski definition) is 11. The van der Waals surface area contributed by atoms with Crippen molar-refractivity contribution in [3.05, 3.63) is 23.8 Å². The van der Waals surface area contributed by atoms with Crippen LogP contribution < -0.4 is 14.8 Å². The molecule has 1 rings (SSSR count). The van der Waals surface area contributed by atoms with Crippen LogP contribution in [0.5, 0.6) is 11.5 Å². The van der Waals surface area contributed by atoms with Crippen molar-refractivity contribution in [3.8, 4) is 11.5 Å². The highest BCUT2D eigenvalue weighted by Gasteiger charge is 2.23. The second-order valence-electron chi connectivity index (χ2n) is 8.89. The summed E-state index contributed by atoms with van der Waals surface area (Å²) in [6.45, 7) is 9.92. The zero-order chi connectivity index (χ0) is 28.5. The van der Waals surface area contributed by atoms with E-state index in [1.54, 1.807) is 13.0 Å². The lowest BCUT2D eigenvalue weighted by atomic mass is 10.0. The van der Waals surface area contributed by atoms with E-state index in [-0.39, 0.29) is 49.6 Å². The lowest BCUT2D eigenvalue weighted by Gasteiger charge is -2.21. The van der Waals surface area contributed by atoms with Crippen LogP contribution in [0.1, 0.15) is 65.9 Å². The van der Waals surface area contributed by atoms with E-state index in [9.17, 15) is 19.2 Å².